The number of fused-ring (bicyclic) bond motifs is 1. The molecule has 4 nitrogen and oxygen atoms in total. The summed E-state index contributed by atoms with van der Waals surface area (Å²) in [6.07, 6.45) is 3.49. The second-order valence-corrected chi connectivity index (χ2v) is 3.79. The van der Waals surface area contributed by atoms with Crippen molar-refractivity contribution in [3.8, 4) is 11.5 Å². The minimum atomic E-state index is -1.89. The maximum atomic E-state index is 11.8. The number of carbonyl (C=O) groups excluding carboxylic acids is 1. The van der Waals surface area contributed by atoms with Gasteiger partial charge in [0.1, 0.15) is 0 Å². The van der Waals surface area contributed by atoms with Crippen LogP contribution >= 0.6 is 0 Å². The number of ether oxygens (including phenoxy) is 1. The van der Waals surface area contributed by atoms with Gasteiger partial charge in [0.15, 0.2) is 11.5 Å². The zero-order valence-corrected chi connectivity index (χ0v) is 9.02. The molecule has 0 bridgehead atoms. The summed E-state index contributed by atoms with van der Waals surface area (Å²) >= 11 is 0. The lowest BCUT2D eigenvalue weighted by atomic mass is 10.00. The van der Waals surface area contributed by atoms with Crippen LogP contribution in [0.5, 0.6) is 11.5 Å². The van der Waals surface area contributed by atoms with E-state index in [4.69, 9.17) is 4.74 Å². The van der Waals surface area contributed by atoms with E-state index in [2.05, 4.69) is 0 Å². The first-order valence-electron chi connectivity index (χ1n) is 4.92. The first-order valence-corrected chi connectivity index (χ1v) is 4.92. The maximum Gasteiger partial charge on any atom is 0.270 e. The smallest absolute Gasteiger partial charge is 0.270 e. The molecule has 1 heterocycles. The lowest BCUT2D eigenvalue weighted by Crippen LogP contribution is -2.35. The van der Waals surface area contributed by atoms with Gasteiger partial charge in [-0.05, 0) is 18.6 Å². The van der Waals surface area contributed by atoms with Gasteiger partial charge in [0.2, 0.25) is 5.78 Å². The molecule has 1 aliphatic heterocycles. The molecular formula is C12H12O4. The zero-order chi connectivity index (χ0) is 11.9. The number of aliphatic hydroxyl groups is 1. The molecule has 0 saturated heterocycles. The third-order valence-corrected chi connectivity index (χ3v) is 2.46. The average molecular weight is 220 g/mol. The van der Waals surface area contributed by atoms with Gasteiger partial charge in [-0.25, -0.2) is 0 Å². The Hall–Kier alpha value is -1.81. The number of phenolic OH excluding ortho intramolecular Hbond substituents is 1. The number of allylic oxidation sites excluding steroid dienone is 1. The summed E-state index contributed by atoms with van der Waals surface area (Å²) in [5.74, 6) is -2.52. The monoisotopic (exact) mass is 220 g/mol. The highest BCUT2D eigenvalue weighted by Gasteiger charge is 2.44. The standard InChI is InChI=1S/C12H12O4/c1-3-4-7-5-6-8(13)10-9(7)11(14)12(2,15)16-10/h3-6,13,15H,1-2H3/b4-3+/t12-/m0/s1. The number of carbonyl (C=O) groups is 1. The van der Waals surface area contributed by atoms with E-state index in [1.165, 1.54) is 13.0 Å². The lowest BCUT2D eigenvalue weighted by Gasteiger charge is -2.13. The van der Waals surface area contributed by atoms with Gasteiger partial charge in [0.05, 0.1) is 5.56 Å². The fourth-order valence-electron chi connectivity index (χ4n) is 1.72. The minimum Gasteiger partial charge on any atom is -0.504 e. The van der Waals surface area contributed by atoms with Crippen molar-refractivity contribution in [1.82, 2.24) is 0 Å². The highest BCUT2D eigenvalue weighted by molar-refractivity contribution is 6.09. The Morgan fingerprint density at radius 1 is 1.44 bits per heavy atom. The maximum absolute atomic E-state index is 11.8. The quantitative estimate of drug-likeness (QED) is 0.756. The molecule has 0 radical (unpaired) electrons. The summed E-state index contributed by atoms with van der Waals surface area (Å²) in [6, 6.07) is 3.04. The molecule has 1 aliphatic rings. The normalized spacial score (nSPS) is 23.6. The summed E-state index contributed by atoms with van der Waals surface area (Å²) in [7, 11) is 0. The topological polar surface area (TPSA) is 66.8 Å². The Kier molecular flexibility index (Phi) is 2.24. The molecule has 2 N–H and O–H groups in total. The number of hydrogen-bond acceptors (Lipinski definition) is 4. The summed E-state index contributed by atoms with van der Waals surface area (Å²) in [5, 5.41) is 19.3. The second-order valence-electron chi connectivity index (χ2n) is 3.79. The molecular weight excluding hydrogens is 208 g/mol. The van der Waals surface area contributed by atoms with Gasteiger partial charge in [-0.15, -0.1) is 0 Å². The van der Waals surface area contributed by atoms with Gasteiger partial charge in [-0.2, -0.15) is 0 Å². The zero-order valence-electron chi connectivity index (χ0n) is 9.02. The Morgan fingerprint density at radius 2 is 2.12 bits per heavy atom. The highest BCUT2D eigenvalue weighted by atomic mass is 16.6. The first-order chi connectivity index (χ1) is 7.47. The van der Waals surface area contributed by atoms with Gasteiger partial charge >= 0.3 is 0 Å². The van der Waals surface area contributed by atoms with Crippen LogP contribution in [0.25, 0.3) is 6.08 Å². The fourth-order valence-corrected chi connectivity index (χ4v) is 1.72. The van der Waals surface area contributed by atoms with E-state index in [-0.39, 0.29) is 17.1 Å². The SMILES string of the molecule is C/C=C/c1ccc(O)c2c1C(=O)[C@@](C)(O)O2. The van der Waals surface area contributed by atoms with E-state index >= 15 is 0 Å². The van der Waals surface area contributed by atoms with Crippen molar-refractivity contribution in [2.24, 2.45) is 0 Å². The van der Waals surface area contributed by atoms with Crippen molar-refractivity contribution in [1.29, 1.82) is 0 Å². The van der Waals surface area contributed by atoms with Crippen molar-refractivity contribution in [2.75, 3.05) is 0 Å². The molecule has 2 rings (SSSR count). The van der Waals surface area contributed by atoms with E-state index in [9.17, 15) is 15.0 Å². The number of phenols is 1. The van der Waals surface area contributed by atoms with Gasteiger partial charge in [-0.3, -0.25) is 4.79 Å². The number of benzene rings is 1. The summed E-state index contributed by atoms with van der Waals surface area (Å²) < 4.78 is 5.05. The molecule has 0 aromatic heterocycles. The largest absolute Gasteiger partial charge is 0.504 e. The predicted octanol–water partition coefficient (Wildman–Crippen LogP) is 1.71. The van der Waals surface area contributed by atoms with Crippen LogP contribution in [0.2, 0.25) is 0 Å². The molecule has 0 saturated carbocycles. The van der Waals surface area contributed by atoms with Crippen LogP contribution < -0.4 is 4.74 Å². The molecule has 0 aliphatic carbocycles. The van der Waals surface area contributed by atoms with Crippen LogP contribution in [0, 0.1) is 0 Å². The van der Waals surface area contributed by atoms with Gasteiger partial charge in [0, 0.05) is 6.92 Å². The van der Waals surface area contributed by atoms with Crippen molar-refractivity contribution in [2.45, 2.75) is 19.6 Å². The Bertz CT molecular complexity index is 486. The minimum absolute atomic E-state index is 0.0469. The van der Waals surface area contributed by atoms with E-state index in [1.807, 2.05) is 6.92 Å². The van der Waals surface area contributed by atoms with Crippen molar-refractivity contribution >= 4 is 11.9 Å². The number of rotatable bonds is 1. The highest BCUT2D eigenvalue weighted by Crippen LogP contribution is 2.42. The molecule has 1 aromatic carbocycles. The van der Waals surface area contributed by atoms with Gasteiger partial charge in [0.25, 0.3) is 5.79 Å². The van der Waals surface area contributed by atoms with E-state index in [1.54, 1.807) is 18.2 Å². The predicted molar refractivity (Wildman–Crippen MR) is 58.4 cm³/mol. The molecule has 16 heavy (non-hydrogen) atoms. The van der Waals surface area contributed by atoms with E-state index < -0.39 is 11.6 Å². The Labute approximate surface area is 92.8 Å². The van der Waals surface area contributed by atoms with Crippen LogP contribution in [0.15, 0.2) is 18.2 Å². The van der Waals surface area contributed by atoms with E-state index in [0.29, 0.717) is 5.56 Å². The summed E-state index contributed by atoms with van der Waals surface area (Å²) in [5.41, 5.74) is 0.848. The molecule has 1 aromatic rings. The molecule has 0 fully saturated rings. The Morgan fingerprint density at radius 3 is 2.75 bits per heavy atom. The lowest BCUT2D eigenvalue weighted by molar-refractivity contribution is -0.0757. The van der Waals surface area contributed by atoms with E-state index in [0.717, 1.165) is 0 Å². The molecule has 0 amide bonds. The van der Waals surface area contributed by atoms with Crippen LogP contribution in [0.4, 0.5) is 0 Å². The molecule has 0 unspecified atom stereocenters. The van der Waals surface area contributed by atoms with Crippen LogP contribution in [0.3, 0.4) is 0 Å². The third kappa shape index (κ3) is 1.39. The molecule has 1 atom stereocenters. The summed E-state index contributed by atoms with van der Waals surface area (Å²) in [4.78, 5) is 11.8. The average Bonchev–Trinajstić information content (AvgIpc) is 2.45. The Balaban J connectivity index is 2.68. The number of ketones is 1. The van der Waals surface area contributed by atoms with Gasteiger partial charge in [-0.1, -0.05) is 18.2 Å². The summed E-state index contributed by atoms with van der Waals surface area (Å²) in [6.45, 7) is 3.08. The third-order valence-electron chi connectivity index (χ3n) is 2.46. The number of hydrogen-bond donors (Lipinski definition) is 2. The van der Waals surface area contributed by atoms with Crippen molar-refractivity contribution in [3.05, 3.63) is 29.3 Å². The first kappa shape index (κ1) is 10.7. The number of aromatic hydroxyl groups is 1. The molecule has 84 valence electrons. The second kappa shape index (κ2) is 3.35. The molecule has 4 heteroatoms. The molecule has 0 spiro atoms. The van der Waals surface area contributed by atoms with Crippen LogP contribution in [-0.2, 0) is 0 Å². The van der Waals surface area contributed by atoms with Crippen molar-refractivity contribution in [3.63, 3.8) is 0 Å². The van der Waals surface area contributed by atoms with Gasteiger partial charge < -0.3 is 14.9 Å². The van der Waals surface area contributed by atoms with Crippen LogP contribution in [-0.4, -0.2) is 21.8 Å². The van der Waals surface area contributed by atoms with Crippen molar-refractivity contribution < 1.29 is 19.7 Å². The fraction of sp³-hybridized carbons (Fsp3) is 0.250. The van der Waals surface area contributed by atoms with Crippen LogP contribution in [0.1, 0.15) is 29.8 Å². The number of Topliss-reactive ketones (excluding diaryl/α,β-unsaturated/α-hetero) is 1.